The molecule has 5 nitrogen and oxygen atoms in total. The quantitative estimate of drug-likeness (QED) is 0.846. The van der Waals surface area contributed by atoms with Gasteiger partial charge in [-0.2, -0.15) is 0 Å². The Morgan fingerprint density at radius 1 is 1.32 bits per heavy atom. The smallest absolute Gasteiger partial charge is 0.271 e. The van der Waals surface area contributed by atoms with E-state index in [1.165, 1.54) is 17.2 Å². The number of benzene rings is 1. The second kappa shape index (κ2) is 5.71. The summed E-state index contributed by atoms with van der Waals surface area (Å²) in [6.07, 6.45) is 1.78. The van der Waals surface area contributed by atoms with Crippen LogP contribution in [0.25, 0.3) is 0 Å². The minimum Gasteiger partial charge on any atom is -0.271 e. The molecule has 0 aliphatic carbocycles. The van der Waals surface area contributed by atoms with Gasteiger partial charge in [0.05, 0.1) is 22.8 Å². The lowest BCUT2D eigenvalue weighted by Crippen LogP contribution is -2.36. The first-order chi connectivity index (χ1) is 9.06. The lowest BCUT2D eigenvalue weighted by atomic mass is 10.2. The molecule has 1 aromatic rings. The molecule has 104 valence electrons. The molecule has 2 rings (SSSR count). The first-order valence-electron chi connectivity index (χ1n) is 6.33. The molecule has 1 aromatic carbocycles. The van der Waals surface area contributed by atoms with Crippen LogP contribution < -0.4 is 0 Å². The van der Waals surface area contributed by atoms with Crippen molar-refractivity contribution < 1.29 is 18.0 Å². The molecular weight excluding hydrogens is 266 g/mol. The third kappa shape index (κ3) is 2.96. The number of carbonyl (C=O) groups is 1. The van der Waals surface area contributed by atoms with Crippen LogP contribution in [-0.4, -0.2) is 38.3 Å². The van der Waals surface area contributed by atoms with E-state index in [0.717, 1.165) is 12.8 Å². The van der Waals surface area contributed by atoms with Crippen molar-refractivity contribution in [2.75, 3.05) is 18.9 Å². The second-order valence-electron chi connectivity index (χ2n) is 4.35. The predicted octanol–water partition coefficient (Wildman–Crippen LogP) is 1.65. The van der Waals surface area contributed by atoms with Gasteiger partial charge in [0.15, 0.2) is 9.84 Å². The van der Waals surface area contributed by atoms with Gasteiger partial charge in [0.25, 0.3) is 5.91 Å². The molecule has 1 saturated heterocycles. The highest BCUT2D eigenvalue weighted by atomic mass is 32.2. The lowest BCUT2D eigenvalue weighted by Gasteiger charge is -2.26. The normalized spacial score (nSPS) is 16.4. The summed E-state index contributed by atoms with van der Waals surface area (Å²) < 4.78 is 24.0. The number of amides is 1. The second-order valence-corrected chi connectivity index (χ2v) is 6.59. The molecule has 19 heavy (non-hydrogen) atoms. The van der Waals surface area contributed by atoms with Crippen LogP contribution in [0.1, 0.15) is 30.1 Å². The van der Waals surface area contributed by atoms with Gasteiger partial charge in [-0.15, -0.1) is 0 Å². The van der Waals surface area contributed by atoms with Crippen molar-refractivity contribution in [3.63, 3.8) is 0 Å². The highest BCUT2D eigenvalue weighted by Crippen LogP contribution is 2.20. The van der Waals surface area contributed by atoms with Crippen molar-refractivity contribution in [2.45, 2.75) is 24.7 Å². The molecular formula is C13H17NO4S. The van der Waals surface area contributed by atoms with Gasteiger partial charge in [0, 0.05) is 6.54 Å². The van der Waals surface area contributed by atoms with Gasteiger partial charge in [-0.25, -0.2) is 13.5 Å². The highest BCUT2D eigenvalue weighted by Gasteiger charge is 2.25. The van der Waals surface area contributed by atoms with Crippen LogP contribution in [0.2, 0.25) is 0 Å². The first-order valence-corrected chi connectivity index (χ1v) is 7.98. The van der Waals surface area contributed by atoms with Gasteiger partial charge in [-0.3, -0.25) is 9.63 Å². The van der Waals surface area contributed by atoms with Gasteiger partial charge >= 0.3 is 0 Å². The number of hydroxylamine groups is 2. The molecule has 0 aromatic heterocycles. The highest BCUT2D eigenvalue weighted by molar-refractivity contribution is 7.91. The monoisotopic (exact) mass is 283 g/mol. The molecule has 1 amide bonds. The molecule has 1 fully saturated rings. The summed E-state index contributed by atoms with van der Waals surface area (Å²) in [5, 5.41) is 1.26. The number of rotatable bonds is 3. The van der Waals surface area contributed by atoms with Crippen molar-refractivity contribution in [3.8, 4) is 0 Å². The summed E-state index contributed by atoms with van der Waals surface area (Å²) in [6.45, 7) is 2.56. The first kappa shape index (κ1) is 14.0. The zero-order chi connectivity index (χ0) is 13.9. The summed E-state index contributed by atoms with van der Waals surface area (Å²) in [4.78, 5) is 17.7. The Hall–Kier alpha value is -1.40. The average Bonchev–Trinajstić information content (AvgIpc) is 2.47. The maximum Gasteiger partial charge on any atom is 0.278 e. The van der Waals surface area contributed by atoms with E-state index in [4.69, 9.17) is 4.84 Å². The lowest BCUT2D eigenvalue weighted by molar-refractivity contribution is -0.144. The molecule has 0 spiro atoms. The summed E-state index contributed by atoms with van der Waals surface area (Å²) >= 11 is 0. The Kier molecular flexibility index (Phi) is 4.21. The molecule has 0 N–H and O–H groups in total. The summed E-state index contributed by atoms with van der Waals surface area (Å²) in [6, 6.07) is 6.28. The van der Waals surface area contributed by atoms with E-state index < -0.39 is 9.84 Å². The third-order valence-electron chi connectivity index (χ3n) is 3.06. The van der Waals surface area contributed by atoms with E-state index in [1.54, 1.807) is 19.1 Å². The number of hydrogen-bond donors (Lipinski definition) is 0. The van der Waals surface area contributed by atoms with Crippen LogP contribution in [0, 0.1) is 0 Å². The van der Waals surface area contributed by atoms with E-state index in [0.29, 0.717) is 13.2 Å². The van der Waals surface area contributed by atoms with Crippen LogP contribution in [0.3, 0.4) is 0 Å². The zero-order valence-corrected chi connectivity index (χ0v) is 11.6. The molecule has 1 aliphatic heterocycles. The molecule has 0 radical (unpaired) electrons. The molecule has 0 unspecified atom stereocenters. The van der Waals surface area contributed by atoms with E-state index >= 15 is 0 Å². The van der Waals surface area contributed by atoms with Gasteiger partial charge in [-0.05, 0) is 25.0 Å². The summed E-state index contributed by atoms with van der Waals surface area (Å²) in [7, 11) is -3.42. The van der Waals surface area contributed by atoms with Crippen LogP contribution in [-0.2, 0) is 14.7 Å². The molecule has 0 bridgehead atoms. The number of sulfone groups is 1. The van der Waals surface area contributed by atoms with Gasteiger partial charge in [-0.1, -0.05) is 19.1 Å². The standard InChI is InChI=1S/C13H17NO4S/c1-2-19(16,17)12-8-4-3-7-11(12)13(15)14-9-5-6-10-18-14/h3-4,7-8H,2,5-6,9-10H2,1H3. The molecule has 1 aliphatic rings. The minimum absolute atomic E-state index is 0.0296. The van der Waals surface area contributed by atoms with Crippen molar-refractivity contribution >= 4 is 15.7 Å². The third-order valence-corrected chi connectivity index (χ3v) is 4.85. The Morgan fingerprint density at radius 3 is 2.68 bits per heavy atom. The van der Waals surface area contributed by atoms with Crippen LogP contribution in [0.15, 0.2) is 29.2 Å². The van der Waals surface area contributed by atoms with Gasteiger partial charge in [0.2, 0.25) is 0 Å². The topological polar surface area (TPSA) is 63.7 Å². The number of nitrogens with zero attached hydrogens (tertiary/aromatic N) is 1. The largest absolute Gasteiger partial charge is 0.278 e. The van der Waals surface area contributed by atoms with Crippen LogP contribution in [0.4, 0.5) is 0 Å². The zero-order valence-electron chi connectivity index (χ0n) is 10.8. The van der Waals surface area contributed by atoms with Crippen molar-refractivity contribution in [3.05, 3.63) is 29.8 Å². The fraction of sp³-hybridized carbons (Fsp3) is 0.462. The fourth-order valence-corrected chi connectivity index (χ4v) is 3.05. The number of hydrogen-bond acceptors (Lipinski definition) is 4. The van der Waals surface area contributed by atoms with E-state index in [1.807, 2.05) is 0 Å². The van der Waals surface area contributed by atoms with Gasteiger partial charge in [0.1, 0.15) is 0 Å². The van der Waals surface area contributed by atoms with Crippen molar-refractivity contribution in [2.24, 2.45) is 0 Å². The molecule has 0 saturated carbocycles. The van der Waals surface area contributed by atoms with Crippen molar-refractivity contribution in [1.82, 2.24) is 5.06 Å². The SMILES string of the molecule is CCS(=O)(=O)c1ccccc1C(=O)N1CCCCO1. The number of carbonyl (C=O) groups excluding carboxylic acids is 1. The Morgan fingerprint density at radius 2 is 2.05 bits per heavy atom. The van der Waals surface area contributed by atoms with Crippen LogP contribution in [0.5, 0.6) is 0 Å². The molecule has 6 heteroatoms. The Balaban J connectivity index is 2.37. The fourth-order valence-electron chi connectivity index (χ4n) is 1.96. The Bertz CT molecular complexity index is 562. The summed E-state index contributed by atoms with van der Waals surface area (Å²) in [5.41, 5.74) is 0.186. The minimum atomic E-state index is -3.42. The van der Waals surface area contributed by atoms with Crippen LogP contribution >= 0.6 is 0 Å². The maximum absolute atomic E-state index is 12.3. The van der Waals surface area contributed by atoms with Crippen molar-refractivity contribution in [1.29, 1.82) is 0 Å². The molecule has 1 heterocycles. The van der Waals surface area contributed by atoms with E-state index in [9.17, 15) is 13.2 Å². The molecule has 0 atom stereocenters. The van der Waals surface area contributed by atoms with E-state index in [2.05, 4.69) is 0 Å². The summed E-state index contributed by atoms with van der Waals surface area (Å²) in [5.74, 6) is -0.412. The predicted molar refractivity (Wildman–Crippen MR) is 70.4 cm³/mol. The maximum atomic E-state index is 12.3. The average molecular weight is 283 g/mol. The van der Waals surface area contributed by atoms with Gasteiger partial charge < -0.3 is 0 Å². The van der Waals surface area contributed by atoms with E-state index in [-0.39, 0.29) is 22.1 Å². The Labute approximate surface area is 113 Å².